The number of ether oxygens (including phenoxy) is 3. The maximum atomic E-state index is 12.6. The number of rotatable bonds is 6. The number of benzene rings is 1. The van der Waals surface area contributed by atoms with Gasteiger partial charge < -0.3 is 19.3 Å². The molecule has 1 aromatic rings. The van der Waals surface area contributed by atoms with Crippen LogP contribution in [-0.4, -0.2) is 50.6 Å². The number of hydrogen-bond acceptors (Lipinski definition) is 7. The Balaban J connectivity index is 2.51. The molecular weight excluding hydrogens is 350 g/mol. The van der Waals surface area contributed by atoms with Crippen molar-refractivity contribution in [3.63, 3.8) is 0 Å². The molecular formula is C16H21NO7S. The van der Waals surface area contributed by atoms with Crippen molar-refractivity contribution in [3.8, 4) is 11.5 Å². The summed E-state index contributed by atoms with van der Waals surface area (Å²) in [6.07, 6.45) is 0. The lowest BCUT2D eigenvalue weighted by Crippen LogP contribution is -2.33. The third-order valence-corrected chi connectivity index (χ3v) is 5.85. The van der Waals surface area contributed by atoms with E-state index >= 15 is 0 Å². The Hall–Kier alpha value is -2.42. The summed E-state index contributed by atoms with van der Waals surface area (Å²) in [6.45, 7) is 2.89. The zero-order valence-corrected chi connectivity index (χ0v) is 15.5. The van der Waals surface area contributed by atoms with Crippen LogP contribution in [-0.2, 0) is 25.2 Å². The third-order valence-electron chi connectivity index (χ3n) is 4.12. The van der Waals surface area contributed by atoms with Crippen LogP contribution in [0, 0.1) is 0 Å². The van der Waals surface area contributed by atoms with Crippen molar-refractivity contribution in [2.45, 2.75) is 19.4 Å². The third kappa shape index (κ3) is 3.11. The van der Waals surface area contributed by atoms with Crippen LogP contribution in [0.5, 0.6) is 11.5 Å². The summed E-state index contributed by atoms with van der Waals surface area (Å²) in [5.74, 6) is -1.26. The van der Waals surface area contributed by atoms with Gasteiger partial charge in [0.25, 0.3) is 11.7 Å². The van der Waals surface area contributed by atoms with Crippen LogP contribution in [0.1, 0.15) is 19.4 Å². The second-order valence-electron chi connectivity index (χ2n) is 5.59. The van der Waals surface area contributed by atoms with E-state index in [1.807, 2.05) is 0 Å². The van der Waals surface area contributed by atoms with Crippen molar-refractivity contribution in [2.75, 3.05) is 27.0 Å². The van der Waals surface area contributed by atoms with Gasteiger partial charge in [-0.15, -0.1) is 0 Å². The van der Waals surface area contributed by atoms with Crippen molar-refractivity contribution in [2.24, 2.45) is 0 Å². The van der Waals surface area contributed by atoms with Gasteiger partial charge in [0.05, 0.1) is 20.0 Å². The van der Waals surface area contributed by atoms with Gasteiger partial charge >= 0.3 is 0 Å². The van der Waals surface area contributed by atoms with E-state index in [0.717, 1.165) is 4.31 Å². The number of carbonyl (C=O) groups excluding carboxylic acids is 1. The van der Waals surface area contributed by atoms with Crippen LogP contribution in [0.25, 0.3) is 0 Å². The monoisotopic (exact) mass is 371 g/mol. The minimum Gasteiger partial charge on any atom is -0.501 e. The molecule has 0 aromatic heterocycles. The van der Waals surface area contributed by atoms with E-state index < -0.39 is 33.0 Å². The van der Waals surface area contributed by atoms with E-state index in [2.05, 4.69) is 0 Å². The van der Waals surface area contributed by atoms with Crippen LogP contribution < -0.4 is 9.47 Å². The van der Waals surface area contributed by atoms with Gasteiger partial charge in [-0.3, -0.25) is 4.79 Å². The Morgan fingerprint density at radius 2 is 1.72 bits per heavy atom. The average Bonchev–Trinajstić information content (AvgIpc) is 2.85. The van der Waals surface area contributed by atoms with E-state index in [4.69, 9.17) is 14.2 Å². The Labute approximate surface area is 146 Å². The maximum absolute atomic E-state index is 12.6. The molecule has 1 atom stereocenters. The van der Waals surface area contributed by atoms with Gasteiger partial charge in [-0.25, -0.2) is 12.7 Å². The lowest BCUT2D eigenvalue weighted by molar-refractivity contribution is -0.132. The minimum atomic E-state index is -3.71. The molecule has 25 heavy (non-hydrogen) atoms. The maximum Gasteiger partial charge on any atom is 0.251 e. The molecule has 0 saturated carbocycles. The molecule has 1 aromatic carbocycles. The van der Waals surface area contributed by atoms with Crippen LogP contribution in [0.15, 0.2) is 29.8 Å². The normalized spacial score (nSPS) is 20.4. The number of sulfonamides is 1. The predicted octanol–water partition coefficient (Wildman–Crippen LogP) is 1.53. The predicted molar refractivity (Wildman–Crippen MR) is 89.9 cm³/mol. The number of aliphatic hydroxyl groups excluding tert-OH is 1. The summed E-state index contributed by atoms with van der Waals surface area (Å²) in [5, 5.41) is 10.2. The molecule has 0 bridgehead atoms. The zero-order chi connectivity index (χ0) is 19.0. The first kappa shape index (κ1) is 18.9. The summed E-state index contributed by atoms with van der Waals surface area (Å²) in [7, 11) is 0.429. The molecule has 0 aliphatic carbocycles. The summed E-state index contributed by atoms with van der Waals surface area (Å²) in [5.41, 5.74) is -1.25. The molecule has 1 N–H and O–H groups in total. The fraction of sp³-hybridized carbons (Fsp3) is 0.438. The Kier molecular flexibility index (Phi) is 4.90. The van der Waals surface area contributed by atoms with E-state index in [1.54, 1.807) is 18.2 Å². The van der Waals surface area contributed by atoms with Gasteiger partial charge in [0.1, 0.15) is 11.5 Å². The number of aliphatic hydroxyl groups is 1. The fourth-order valence-corrected chi connectivity index (χ4v) is 3.18. The summed E-state index contributed by atoms with van der Waals surface area (Å²) in [4.78, 5) is 12.6. The average molecular weight is 371 g/mol. The molecule has 2 rings (SSSR count). The highest BCUT2D eigenvalue weighted by atomic mass is 32.2. The molecule has 1 aliphatic rings. The minimum absolute atomic E-state index is 0.207. The highest BCUT2D eigenvalue weighted by molar-refractivity contribution is 7.89. The van der Waals surface area contributed by atoms with Crippen LogP contribution in [0.3, 0.4) is 0 Å². The second-order valence-corrected chi connectivity index (χ2v) is 7.88. The van der Waals surface area contributed by atoms with Gasteiger partial charge in [0.15, 0.2) is 5.60 Å². The quantitative estimate of drug-likeness (QED) is 0.809. The van der Waals surface area contributed by atoms with Gasteiger partial charge in [0.2, 0.25) is 15.8 Å². The number of Topliss-reactive ketones (excluding diaryl/α,β-unsaturated/α-hetero) is 1. The first-order valence-corrected chi connectivity index (χ1v) is 9.08. The molecule has 8 nitrogen and oxygen atoms in total. The van der Waals surface area contributed by atoms with E-state index in [0.29, 0.717) is 17.1 Å². The summed E-state index contributed by atoms with van der Waals surface area (Å²) in [6, 6.07) is 4.74. The molecule has 1 aliphatic heterocycles. The lowest BCUT2D eigenvalue weighted by Gasteiger charge is -2.27. The van der Waals surface area contributed by atoms with Gasteiger partial charge in [0, 0.05) is 18.7 Å². The van der Waals surface area contributed by atoms with Gasteiger partial charge in [-0.2, -0.15) is 0 Å². The fourth-order valence-electron chi connectivity index (χ4n) is 2.42. The van der Waals surface area contributed by atoms with E-state index in [9.17, 15) is 18.3 Å². The number of carbonyl (C=O) groups is 1. The van der Waals surface area contributed by atoms with Crippen LogP contribution in [0.2, 0.25) is 0 Å². The molecule has 9 heteroatoms. The number of ketones is 1. The zero-order valence-electron chi connectivity index (χ0n) is 14.7. The van der Waals surface area contributed by atoms with E-state index in [-0.39, 0.29) is 5.75 Å². The summed E-state index contributed by atoms with van der Waals surface area (Å²) < 4.78 is 40.8. The SMILES string of the molecule is CCS(=O)(=O)N(C)C1=C(O)C(=O)C(C)(c2cc(OC)cc(OC)c2)O1. The molecule has 138 valence electrons. The van der Waals surface area contributed by atoms with E-state index in [1.165, 1.54) is 35.1 Å². The molecule has 0 amide bonds. The molecule has 0 spiro atoms. The Morgan fingerprint density at radius 3 is 2.16 bits per heavy atom. The standard InChI is InChI=1S/C16H21NO7S/c1-6-25(20,21)17(3)15-13(18)14(19)16(2,24-15)10-7-11(22-4)9-12(8-10)23-5/h7-9,18H,6H2,1-5H3. The Morgan fingerprint density at radius 1 is 1.20 bits per heavy atom. The van der Waals surface area contributed by atoms with Crippen LogP contribution >= 0.6 is 0 Å². The van der Waals surface area contributed by atoms with Gasteiger partial charge in [-0.1, -0.05) is 0 Å². The molecule has 1 unspecified atom stereocenters. The largest absolute Gasteiger partial charge is 0.501 e. The van der Waals surface area contributed by atoms with Crippen molar-refractivity contribution >= 4 is 15.8 Å². The second kappa shape index (κ2) is 6.47. The Bertz CT molecular complexity index is 809. The first-order chi connectivity index (χ1) is 11.6. The highest BCUT2D eigenvalue weighted by Gasteiger charge is 2.50. The molecule has 1 heterocycles. The van der Waals surface area contributed by atoms with Crippen LogP contribution in [0.4, 0.5) is 0 Å². The summed E-state index contributed by atoms with van der Waals surface area (Å²) >= 11 is 0. The molecule has 0 fully saturated rings. The van der Waals surface area contributed by atoms with Crippen molar-refractivity contribution in [1.29, 1.82) is 0 Å². The van der Waals surface area contributed by atoms with Gasteiger partial charge in [-0.05, 0) is 26.0 Å². The lowest BCUT2D eigenvalue weighted by atomic mass is 9.91. The number of nitrogens with zero attached hydrogens (tertiary/aromatic N) is 1. The van der Waals surface area contributed by atoms with Crippen molar-refractivity contribution < 1.29 is 32.5 Å². The molecule has 0 radical (unpaired) electrons. The highest BCUT2D eigenvalue weighted by Crippen LogP contribution is 2.41. The number of hydrogen-bond donors (Lipinski definition) is 1. The van der Waals surface area contributed by atoms with Crippen molar-refractivity contribution in [3.05, 3.63) is 35.4 Å². The van der Waals surface area contributed by atoms with Crippen molar-refractivity contribution in [1.82, 2.24) is 4.31 Å². The molecule has 0 saturated heterocycles. The smallest absolute Gasteiger partial charge is 0.251 e. The topological polar surface area (TPSA) is 102 Å². The first-order valence-electron chi connectivity index (χ1n) is 7.48. The number of methoxy groups -OCH3 is 2.